The number of carbonyl (C=O) groups is 1. The number of sulfonamides is 1. The van der Waals surface area contributed by atoms with Gasteiger partial charge in [0, 0.05) is 31.6 Å². The van der Waals surface area contributed by atoms with Gasteiger partial charge >= 0.3 is 0 Å². The molecule has 0 aliphatic carbocycles. The molecule has 1 heterocycles. The molecule has 1 fully saturated rings. The summed E-state index contributed by atoms with van der Waals surface area (Å²) in [5, 5.41) is 6.22. The number of carbonyl (C=O) groups excluding carboxylic acids is 1. The second kappa shape index (κ2) is 8.70. The molecule has 1 aliphatic heterocycles. The molecular formula is C14H29N3O3S. The van der Waals surface area contributed by atoms with E-state index in [0.29, 0.717) is 38.8 Å². The third-order valence-corrected chi connectivity index (χ3v) is 5.79. The van der Waals surface area contributed by atoms with Gasteiger partial charge in [0.05, 0.1) is 5.75 Å². The second-order valence-electron chi connectivity index (χ2n) is 5.72. The molecule has 1 unspecified atom stereocenters. The number of piperidine rings is 1. The normalized spacial score (nSPS) is 19.4. The van der Waals surface area contributed by atoms with Crippen molar-refractivity contribution in [1.82, 2.24) is 14.9 Å². The fourth-order valence-electron chi connectivity index (χ4n) is 2.65. The lowest BCUT2D eigenvalue weighted by Gasteiger charge is -2.31. The lowest BCUT2D eigenvalue weighted by molar-refractivity contribution is -0.122. The summed E-state index contributed by atoms with van der Waals surface area (Å²) in [4.78, 5) is 11.9. The van der Waals surface area contributed by atoms with Gasteiger partial charge in [-0.25, -0.2) is 12.7 Å². The van der Waals surface area contributed by atoms with Crippen molar-refractivity contribution in [3.8, 4) is 0 Å². The average Bonchev–Trinajstić information content (AvgIpc) is 2.39. The van der Waals surface area contributed by atoms with Gasteiger partial charge in [-0.2, -0.15) is 0 Å². The Kier molecular flexibility index (Phi) is 7.62. The van der Waals surface area contributed by atoms with Crippen LogP contribution in [-0.2, 0) is 14.8 Å². The zero-order chi connectivity index (χ0) is 15.9. The minimum atomic E-state index is -3.10. The Labute approximate surface area is 128 Å². The van der Waals surface area contributed by atoms with Gasteiger partial charge in [-0.3, -0.25) is 4.79 Å². The van der Waals surface area contributed by atoms with Gasteiger partial charge in [-0.05, 0) is 32.7 Å². The van der Waals surface area contributed by atoms with Crippen LogP contribution in [0, 0.1) is 0 Å². The second-order valence-corrected chi connectivity index (χ2v) is 7.81. The van der Waals surface area contributed by atoms with Crippen LogP contribution in [0.3, 0.4) is 0 Å². The molecule has 0 bridgehead atoms. The van der Waals surface area contributed by atoms with Crippen molar-refractivity contribution in [1.29, 1.82) is 0 Å². The van der Waals surface area contributed by atoms with E-state index in [0.717, 1.165) is 6.54 Å². The SMILES string of the molecule is CCCS(=O)(=O)N1CCC(NC(=O)CC(C)NCC)CC1. The molecule has 6 nitrogen and oxygen atoms in total. The van der Waals surface area contributed by atoms with Crippen molar-refractivity contribution in [2.45, 2.75) is 58.5 Å². The molecule has 2 N–H and O–H groups in total. The zero-order valence-electron chi connectivity index (χ0n) is 13.4. The maximum absolute atomic E-state index is 12.0. The number of nitrogens with one attached hydrogen (secondary N) is 2. The number of hydrogen-bond donors (Lipinski definition) is 2. The quantitative estimate of drug-likeness (QED) is 0.690. The van der Waals surface area contributed by atoms with Crippen LogP contribution in [-0.4, -0.2) is 56.1 Å². The number of nitrogens with zero attached hydrogens (tertiary/aromatic N) is 1. The molecular weight excluding hydrogens is 290 g/mol. The molecule has 1 rings (SSSR count). The van der Waals surface area contributed by atoms with E-state index in [9.17, 15) is 13.2 Å². The topological polar surface area (TPSA) is 78.5 Å². The van der Waals surface area contributed by atoms with Crippen molar-refractivity contribution < 1.29 is 13.2 Å². The van der Waals surface area contributed by atoms with E-state index in [1.165, 1.54) is 0 Å². The monoisotopic (exact) mass is 319 g/mol. The van der Waals surface area contributed by atoms with E-state index < -0.39 is 10.0 Å². The van der Waals surface area contributed by atoms with Crippen molar-refractivity contribution >= 4 is 15.9 Å². The van der Waals surface area contributed by atoms with Crippen LogP contribution < -0.4 is 10.6 Å². The zero-order valence-corrected chi connectivity index (χ0v) is 14.2. The smallest absolute Gasteiger partial charge is 0.221 e. The lowest BCUT2D eigenvalue weighted by atomic mass is 10.1. The maximum Gasteiger partial charge on any atom is 0.221 e. The van der Waals surface area contributed by atoms with E-state index in [2.05, 4.69) is 10.6 Å². The van der Waals surface area contributed by atoms with Crippen LogP contribution in [0.15, 0.2) is 0 Å². The summed E-state index contributed by atoms with van der Waals surface area (Å²) in [6, 6.07) is 0.263. The lowest BCUT2D eigenvalue weighted by Crippen LogP contribution is -2.47. The van der Waals surface area contributed by atoms with Gasteiger partial charge in [-0.1, -0.05) is 13.8 Å². The highest BCUT2D eigenvalue weighted by molar-refractivity contribution is 7.89. The third-order valence-electron chi connectivity index (χ3n) is 3.72. The van der Waals surface area contributed by atoms with Gasteiger partial charge in [0.2, 0.25) is 15.9 Å². The molecule has 21 heavy (non-hydrogen) atoms. The standard InChI is InChI=1S/C14H29N3O3S/c1-4-10-21(19,20)17-8-6-13(7-9-17)16-14(18)11-12(3)15-5-2/h12-13,15H,4-11H2,1-3H3,(H,16,18). The largest absolute Gasteiger partial charge is 0.353 e. The van der Waals surface area contributed by atoms with Crippen LogP contribution in [0.1, 0.15) is 46.5 Å². The Morgan fingerprint density at radius 1 is 1.29 bits per heavy atom. The molecule has 0 aromatic heterocycles. The Bertz CT molecular complexity index is 417. The Morgan fingerprint density at radius 2 is 1.90 bits per heavy atom. The average molecular weight is 319 g/mol. The summed E-state index contributed by atoms with van der Waals surface area (Å²) in [5.74, 6) is 0.253. The summed E-state index contributed by atoms with van der Waals surface area (Å²) in [6.45, 7) is 7.74. The summed E-state index contributed by atoms with van der Waals surface area (Å²) in [5.41, 5.74) is 0. The van der Waals surface area contributed by atoms with Crippen LogP contribution in [0.5, 0.6) is 0 Å². The van der Waals surface area contributed by atoms with Gasteiger partial charge in [0.25, 0.3) is 0 Å². The van der Waals surface area contributed by atoms with Gasteiger partial charge in [0.15, 0.2) is 0 Å². The van der Waals surface area contributed by atoms with E-state index in [1.807, 2.05) is 20.8 Å². The highest BCUT2D eigenvalue weighted by atomic mass is 32.2. The predicted molar refractivity (Wildman–Crippen MR) is 84.6 cm³/mol. The van der Waals surface area contributed by atoms with Crippen molar-refractivity contribution in [3.05, 3.63) is 0 Å². The van der Waals surface area contributed by atoms with Crippen molar-refractivity contribution in [2.75, 3.05) is 25.4 Å². The van der Waals surface area contributed by atoms with Crippen LogP contribution in [0.25, 0.3) is 0 Å². The molecule has 1 amide bonds. The first-order valence-electron chi connectivity index (χ1n) is 7.89. The Hall–Kier alpha value is -0.660. The molecule has 0 aromatic carbocycles. The highest BCUT2D eigenvalue weighted by Crippen LogP contribution is 2.15. The molecule has 1 saturated heterocycles. The van der Waals surface area contributed by atoms with Crippen molar-refractivity contribution in [3.63, 3.8) is 0 Å². The fraction of sp³-hybridized carbons (Fsp3) is 0.929. The van der Waals surface area contributed by atoms with E-state index in [-0.39, 0.29) is 23.7 Å². The summed E-state index contributed by atoms with van der Waals surface area (Å²) in [7, 11) is -3.10. The molecule has 0 saturated carbocycles. The van der Waals surface area contributed by atoms with Crippen LogP contribution in [0.4, 0.5) is 0 Å². The Morgan fingerprint density at radius 3 is 2.43 bits per heavy atom. The molecule has 0 aromatic rings. The molecule has 1 aliphatic rings. The summed E-state index contributed by atoms with van der Waals surface area (Å²) in [6.07, 6.45) is 2.50. The first-order valence-corrected chi connectivity index (χ1v) is 9.50. The molecule has 0 radical (unpaired) electrons. The van der Waals surface area contributed by atoms with E-state index in [1.54, 1.807) is 4.31 Å². The number of hydrogen-bond acceptors (Lipinski definition) is 4. The third kappa shape index (κ3) is 6.32. The first-order chi connectivity index (χ1) is 9.89. The van der Waals surface area contributed by atoms with Gasteiger partial charge in [0.1, 0.15) is 0 Å². The van der Waals surface area contributed by atoms with Gasteiger partial charge < -0.3 is 10.6 Å². The molecule has 124 valence electrons. The van der Waals surface area contributed by atoms with Crippen LogP contribution >= 0.6 is 0 Å². The van der Waals surface area contributed by atoms with Gasteiger partial charge in [-0.15, -0.1) is 0 Å². The number of rotatable bonds is 8. The van der Waals surface area contributed by atoms with E-state index >= 15 is 0 Å². The minimum absolute atomic E-state index is 0.0401. The first kappa shape index (κ1) is 18.4. The van der Waals surface area contributed by atoms with Crippen LogP contribution in [0.2, 0.25) is 0 Å². The number of amides is 1. The van der Waals surface area contributed by atoms with Crippen molar-refractivity contribution in [2.24, 2.45) is 0 Å². The predicted octanol–water partition coefficient (Wildman–Crippen LogP) is 0.695. The Balaban J connectivity index is 2.35. The molecule has 0 spiro atoms. The van der Waals surface area contributed by atoms with E-state index in [4.69, 9.17) is 0 Å². The molecule has 7 heteroatoms. The molecule has 1 atom stereocenters. The highest BCUT2D eigenvalue weighted by Gasteiger charge is 2.27. The maximum atomic E-state index is 12.0. The minimum Gasteiger partial charge on any atom is -0.353 e. The summed E-state index contributed by atoms with van der Waals surface area (Å²) < 4.78 is 25.5. The fourth-order valence-corrected chi connectivity index (χ4v) is 4.19. The summed E-state index contributed by atoms with van der Waals surface area (Å²) >= 11 is 0.